The number of rotatable bonds is 7. The Balaban J connectivity index is 1.41. The Morgan fingerprint density at radius 1 is 0.871 bits per heavy atom. The molecule has 4 rings (SSSR count). The molecule has 0 spiro atoms. The van der Waals surface area contributed by atoms with E-state index in [9.17, 15) is 4.79 Å². The van der Waals surface area contributed by atoms with Gasteiger partial charge in [0.25, 0.3) is 5.91 Å². The van der Waals surface area contributed by atoms with Crippen LogP contribution in [0.1, 0.15) is 6.92 Å². The van der Waals surface area contributed by atoms with Crippen LogP contribution in [0.15, 0.2) is 78.9 Å². The van der Waals surface area contributed by atoms with Crippen LogP contribution < -0.4 is 15.0 Å². The average molecular weight is 416 g/mol. The number of hydrogen-bond acceptors (Lipinski definition) is 4. The highest BCUT2D eigenvalue weighted by molar-refractivity contribution is 5.95. The number of ether oxygens (including phenoxy) is 1. The molecule has 1 saturated heterocycles. The van der Waals surface area contributed by atoms with Crippen molar-refractivity contribution in [3.05, 3.63) is 78.9 Å². The molecule has 5 nitrogen and oxygen atoms in total. The zero-order chi connectivity index (χ0) is 21.5. The topological polar surface area (TPSA) is 44.8 Å². The highest BCUT2D eigenvalue weighted by Gasteiger charge is 2.19. The standard InChI is InChI=1S/C26H29N3O2/c1-2-28-16-18-29(19-17-28)24-14-8-7-13-23(24)27-26(30)20-31-25-15-9-6-12-22(25)21-10-4-3-5-11-21/h3-15H,2,16-20H2,1H3,(H,27,30). The summed E-state index contributed by atoms with van der Waals surface area (Å²) in [6, 6.07) is 25.9. The molecule has 0 saturated carbocycles. The largest absolute Gasteiger partial charge is 0.483 e. The zero-order valence-corrected chi connectivity index (χ0v) is 18.0. The van der Waals surface area contributed by atoms with Crippen LogP contribution in [-0.4, -0.2) is 50.1 Å². The van der Waals surface area contributed by atoms with Crippen LogP contribution in [0.4, 0.5) is 11.4 Å². The van der Waals surface area contributed by atoms with Gasteiger partial charge in [0.05, 0.1) is 11.4 Å². The number of benzene rings is 3. The molecule has 0 bridgehead atoms. The normalized spacial score (nSPS) is 14.3. The maximum absolute atomic E-state index is 12.7. The summed E-state index contributed by atoms with van der Waals surface area (Å²) in [6.45, 7) is 7.23. The lowest BCUT2D eigenvalue weighted by molar-refractivity contribution is -0.118. The molecule has 1 fully saturated rings. The first-order valence-corrected chi connectivity index (χ1v) is 10.9. The van der Waals surface area contributed by atoms with Crippen molar-refractivity contribution in [3.63, 3.8) is 0 Å². The Bertz CT molecular complexity index is 998. The second-order valence-electron chi connectivity index (χ2n) is 7.64. The summed E-state index contributed by atoms with van der Waals surface area (Å²) >= 11 is 0. The van der Waals surface area contributed by atoms with Crippen LogP contribution in [0, 0.1) is 0 Å². The molecule has 5 heteroatoms. The summed E-state index contributed by atoms with van der Waals surface area (Å²) in [7, 11) is 0. The Kier molecular flexibility index (Phi) is 6.85. The van der Waals surface area contributed by atoms with Gasteiger partial charge < -0.3 is 19.9 Å². The van der Waals surface area contributed by atoms with Crippen LogP contribution in [0.25, 0.3) is 11.1 Å². The minimum Gasteiger partial charge on any atom is -0.483 e. The van der Waals surface area contributed by atoms with Crippen molar-refractivity contribution < 1.29 is 9.53 Å². The summed E-state index contributed by atoms with van der Waals surface area (Å²) in [5, 5.41) is 3.04. The fraction of sp³-hybridized carbons (Fsp3) is 0.269. The quantitative estimate of drug-likeness (QED) is 0.617. The summed E-state index contributed by atoms with van der Waals surface area (Å²) in [5.74, 6) is 0.537. The number of nitrogens with zero attached hydrogens (tertiary/aromatic N) is 2. The highest BCUT2D eigenvalue weighted by Crippen LogP contribution is 2.30. The summed E-state index contributed by atoms with van der Waals surface area (Å²) in [6.07, 6.45) is 0. The molecule has 3 aromatic rings. The van der Waals surface area contributed by atoms with E-state index in [1.165, 1.54) is 0 Å². The molecular formula is C26H29N3O2. The Labute approximate surface area is 184 Å². The van der Waals surface area contributed by atoms with E-state index in [1.54, 1.807) is 0 Å². The molecule has 1 aliphatic heterocycles. The molecule has 0 unspecified atom stereocenters. The van der Waals surface area contributed by atoms with Gasteiger partial charge in [0, 0.05) is 31.7 Å². The number of piperazine rings is 1. The summed E-state index contributed by atoms with van der Waals surface area (Å²) < 4.78 is 5.91. The van der Waals surface area contributed by atoms with Gasteiger partial charge in [-0.15, -0.1) is 0 Å². The van der Waals surface area contributed by atoms with Gasteiger partial charge in [-0.2, -0.15) is 0 Å². The smallest absolute Gasteiger partial charge is 0.262 e. The fourth-order valence-electron chi connectivity index (χ4n) is 3.94. The number of anilines is 2. The molecule has 1 N–H and O–H groups in total. The zero-order valence-electron chi connectivity index (χ0n) is 18.0. The van der Waals surface area contributed by atoms with Gasteiger partial charge in [0.15, 0.2) is 6.61 Å². The van der Waals surface area contributed by atoms with Gasteiger partial charge in [-0.1, -0.05) is 67.6 Å². The minimum absolute atomic E-state index is 0.0399. The first-order valence-electron chi connectivity index (χ1n) is 10.9. The van der Waals surface area contributed by atoms with Crippen molar-refractivity contribution in [3.8, 4) is 16.9 Å². The van der Waals surface area contributed by atoms with Crippen LogP contribution in [0.5, 0.6) is 5.75 Å². The van der Waals surface area contributed by atoms with E-state index in [0.717, 1.165) is 55.2 Å². The third-order valence-corrected chi connectivity index (χ3v) is 5.67. The van der Waals surface area contributed by atoms with Crippen LogP contribution in [-0.2, 0) is 4.79 Å². The Hall–Kier alpha value is -3.31. The molecule has 160 valence electrons. The van der Waals surface area contributed by atoms with Crippen molar-refractivity contribution in [2.24, 2.45) is 0 Å². The Morgan fingerprint density at radius 2 is 1.55 bits per heavy atom. The van der Waals surface area contributed by atoms with E-state index in [0.29, 0.717) is 5.75 Å². The van der Waals surface area contributed by atoms with Gasteiger partial charge in [-0.3, -0.25) is 4.79 Å². The monoisotopic (exact) mass is 415 g/mol. The molecule has 1 amide bonds. The summed E-state index contributed by atoms with van der Waals surface area (Å²) in [4.78, 5) is 17.5. The van der Waals surface area contributed by atoms with Gasteiger partial charge in [0.2, 0.25) is 0 Å². The van der Waals surface area contributed by atoms with E-state index in [4.69, 9.17) is 4.74 Å². The summed E-state index contributed by atoms with van der Waals surface area (Å²) in [5.41, 5.74) is 3.94. The predicted octanol–water partition coefficient (Wildman–Crippen LogP) is 4.51. The first-order chi connectivity index (χ1) is 15.2. The molecule has 0 aliphatic carbocycles. The number of likely N-dealkylation sites (N-methyl/N-ethyl adjacent to an activating group) is 1. The third-order valence-electron chi connectivity index (χ3n) is 5.67. The number of carbonyl (C=O) groups is 1. The number of amides is 1. The van der Waals surface area contributed by atoms with E-state index >= 15 is 0 Å². The van der Waals surface area contributed by atoms with Gasteiger partial charge in [-0.05, 0) is 30.3 Å². The van der Waals surface area contributed by atoms with Crippen molar-refractivity contribution in [2.75, 3.05) is 49.5 Å². The number of carbonyl (C=O) groups excluding carboxylic acids is 1. The Morgan fingerprint density at radius 3 is 2.32 bits per heavy atom. The molecule has 0 atom stereocenters. The van der Waals surface area contributed by atoms with E-state index in [2.05, 4.69) is 28.1 Å². The molecular weight excluding hydrogens is 386 g/mol. The van der Waals surface area contributed by atoms with E-state index in [-0.39, 0.29) is 12.5 Å². The van der Waals surface area contributed by atoms with Gasteiger partial charge >= 0.3 is 0 Å². The number of para-hydroxylation sites is 3. The van der Waals surface area contributed by atoms with Crippen molar-refractivity contribution in [2.45, 2.75) is 6.92 Å². The molecule has 0 radical (unpaired) electrons. The minimum atomic E-state index is -0.164. The average Bonchev–Trinajstić information content (AvgIpc) is 2.84. The number of nitrogens with one attached hydrogen (secondary N) is 1. The molecule has 31 heavy (non-hydrogen) atoms. The van der Waals surface area contributed by atoms with Crippen molar-refractivity contribution in [1.29, 1.82) is 0 Å². The predicted molar refractivity (Wildman–Crippen MR) is 127 cm³/mol. The maximum Gasteiger partial charge on any atom is 0.262 e. The van der Waals surface area contributed by atoms with Crippen molar-refractivity contribution in [1.82, 2.24) is 4.90 Å². The number of hydrogen-bond donors (Lipinski definition) is 1. The van der Waals surface area contributed by atoms with Gasteiger partial charge in [0.1, 0.15) is 5.75 Å². The molecule has 0 aromatic heterocycles. The van der Waals surface area contributed by atoms with Gasteiger partial charge in [-0.25, -0.2) is 0 Å². The SMILES string of the molecule is CCN1CCN(c2ccccc2NC(=O)COc2ccccc2-c2ccccc2)CC1. The third kappa shape index (κ3) is 5.25. The van der Waals surface area contributed by atoms with Crippen LogP contribution >= 0.6 is 0 Å². The first kappa shape index (κ1) is 20.9. The molecule has 3 aromatic carbocycles. The lowest BCUT2D eigenvalue weighted by atomic mass is 10.1. The molecule has 1 heterocycles. The maximum atomic E-state index is 12.7. The fourth-order valence-corrected chi connectivity index (χ4v) is 3.94. The highest BCUT2D eigenvalue weighted by atomic mass is 16.5. The second kappa shape index (κ2) is 10.1. The molecule has 1 aliphatic rings. The van der Waals surface area contributed by atoms with Crippen LogP contribution in [0.2, 0.25) is 0 Å². The van der Waals surface area contributed by atoms with E-state index in [1.807, 2.05) is 72.8 Å². The lowest BCUT2D eigenvalue weighted by Crippen LogP contribution is -2.46. The van der Waals surface area contributed by atoms with Crippen molar-refractivity contribution >= 4 is 17.3 Å². The second-order valence-corrected chi connectivity index (χ2v) is 7.64. The lowest BCUT2D eigenvalue weighted by Gasteiger charge is -2.36. The van der Waals surface area contributed by atoms with E-state index < -0.39 is 0 Å². The van der Waals surface area contributed by atoms with Crippen LogP contribution in [0.3, 0.4) is 0 Å².